The summed E-state index contributed by atoms with van der Waals surface area (Å²) in [5.74, 6) is 0. The zero-order valence-corrected chi connectivity index (χ0v) is 9.12. The fourth-order valence-electron chi connectivity index (χ4n) is 0.611. The molecule has 2 nitrogen and oxygen atoms in total. The van der Waals surface area contributed by atoms with E-state index in [0.29, 0.717) is 0 Å². The molecule has 0 radical (unpaired) electrons. The first kappa shape index (κ1) is 11.3. The molecule has 0 saturated heterocycles. The molecule has 11 heavy (non-hydrogen) atoms. The molecule has 0 bridgehead atoms. The van der Waals surface area contributed by atoms with Gasteiger partial charge in [-0.3, -0.25) is 0 Å². The van der Waals surface area contributed by atoms with Crippen molar-refractivity contribution in [2.75, 3.05) is 12.5 Å². The Kier molecular flexibility index (Phi) is 2.71. The van der Waals surface area contributed by atoms with Crippen LogP contribution < -0.4 is 0 Å². The molecule has 0 aromatic rings. The van der Waals surface area contributed by atoms with Crippen LogP contribution in [0.5, 0.6) is 0 Å². The third-order valence-corrected chi connectivity index (χ3v) is 7.49. The van der Waals surface area contributed by atoms with Crippen LogP contribution >= 0.6 is 10.0 Å². The predicted molar refractivity (Wildman–Crippen MR) is 52.0 cm³/mol. The monoisotopic (exact) mass is 180 g/mol. The second kappa shape index (κ2) is 2.64. The highest BCUT2D eigenvalue weighted by atomic mass is 32.3. The number of rotatable bonds is 2. The van der Waals surface area contributed by atoms with Crippen LogP contribution in [0.4, 0.5) is 0 Å². The summed E-state index contributed by atoms with van der Waals surface area (Å²) in [7, 11) is -1.40. The highest BCUT2D eigenvalue weighted by Gasteiger charge is 2.41. The van der Waals surface area contributed by atoms with E-state index in [-0.39, 0.29) is 0 Å². The average molecular weight is 180 g/mol. The highest BCUT2D eigenvalue weighted by molar-refractivity contribution is 8.34. The molecule has 0 saturated carbocycles. The molecular weight excluding hydrogens is 160 g/mol. The Hall–Kier alpha value is 0.270. The molecule has 0 fully saturated rings. The maximum Gasteiger partial charge on any atom is 0.0913 e. The Balaban J connectivity index is 4.75. The van der Waals surface area contributed by atoms with Crippen LogP contribution in [-0.4, -0.2) is 32.6 Å². The third-order valence-electron chi connectivity index (χ3n) is 2.50. The number of hydrogen-bond acceptors (Lipinski definition) is 2. The molecule has 0 aliphatic rings. The van der Waals surface area contributed by atoms with Crippen molar-refractivity contribution < 1.29 is 10.2 Å². The molecule has 0 rings (SSSR count). The molecule has 0 atom stereocenters. The lowest BCUT2D eigenvalue weighted by Crippen LogP contribution is -2.40. The minimum absolute atomic E-state index is 0.786. The lowest BCUT2D eigenvalue weighted by Gasteiger charge is -2.51. The Labute approximate surface area is 70.9 Å². The summed E-state index contributed by atoms with van der Waals surface area (Å²) < 4.78 is 0. The van der Waals surface area contributed by atoms with Crippen molar-refractivity contribution in [2.45, 2.75) is 37.6 Å². The van der Waals surface area contributed by atoms with Gasteiger partial charge in [0.1, 0.15) is 0 Å². The Morgan fingerprint density at radius 1 is 0.818 bits per heavy atom. The van der Waals surface area contributed by atoms with Crippen LogP contribution in [0.25, 0.3) is 0 Å². The van der Waals surface area contributed by atoms with Crippen molar-refractivity contribution in [3.05, 3.63) is 0 Å². The Morgan fingerprint density at radius 3 is 1.00 bits per heavy atom. The molecule has 0 aliphatic heterocycles. The summed E-state index contributed by atoms with van der Waals surface area (Å²) in [5, 5.41) is 19.5. The van der Waals surface area contributed by atoms with Crippen LogP contribution in [-0.2, 0) is 0 Å². The first-order valence-corrected chi connectivity index (χ1v) is 6.12. The van der Waals surface area contributed by atoms with Gasteiger partial charge in [-0.25, -0.2) is 0 Å². The smallest absolute Gasteiger partial charge is 0.0913 e. The van der Waals surface area contributed by atoms with Crippen LogP contribution in [0.1, 0.15) is 27.7 Å². The van der Waals surface area contributed by atoms with Gasteiger partial charge in [-0.2, -0.15) is 10.0 Å². The van der Waals surface area contributed by atoms with Crippen LogP contribution in [0.3, 0.4) is 0 Å². The summed E-state index contributed by atoms with van der Waals surface area (Å²) in [6.07, 6.45) is 3.88. The quantitative estimate of drug-likeness (QED) is 0.676. The molecule has 0 unspecified atom stereocenters. The fraction of sp³-hybridized carbons (Fsp3) is 1.00. The van der Waals surface area contributed by atoms with Crippen LogP contribution in [0.2, 0.25) is 0 Å². The molecular formula is C8H20O2S. The summed E-state index contributed by atoms with van der Waals surface area (Å²) in [6, 6.07) is 0. The van der Waals surface area contributed by atoms with E-state index in [1.54, 1.807) is 27.7 Å². The van der Waals surface area contributed by atoms with E-state index in [1.165, 1.54) is 0 Å². The maximum atomic E-state index is 9.76. The predicted octanol–water partition coefficient (Wildman–Crippen LogP) is 1.51. The van der Waals surface area contributed by atoms with Gasteiger partial charge in [-0.15, -0.1) is 0 Å². The van der Waals surface area contributed by atoms with Crippen LogP contribution in [0.15, 0.2) is 0 Å². The van der Waals surface area contributed by atoms with Crippen molar-refractivity contribution >= 4 is 10.0 Å². The molecule has 2 N–H and O–H groups in total. The van der Waals surface area contributed by atoms with E-state index in [4.69, 9.17) is 0 Å². The molecule has 0 amide bonds. The van der Waals surface area contributed by atoms with Gasteiger partial charge in [-0.1, -0.05) is 0 Å². The van der Waals surface area contributed by atoms with Gasteiger partial charge in [-0.05, 0) is 40.2 Å². The van der Waals surface area contributed by atoms with Crippen molar-refractivity contribution in [3.8, 4) is 0 Å². The Bertz CT molecular complexity index is 123. The van der Waals surface area contributed by atoms with E-state index in [1.807, 2.05) is 12.5 Å². The second-order valence-electron chi connectivity index (χ2n) is 4.22. The van der Waals surface area contributed by atoms with Crippen molar-refractivity contribution in [1.82, 2.24) is 0 Å². The summed E-state index contributed by atoms with van der Waals surface area (Å²) >= 11 is 0. The largest absolute Gasteiger partial charge is 0.382 e. The minimum Gasteiger partial charge on any atom is -0.382 e. The van der Waals surface area contributed by atoms with E-state index in [0.717, 1.165) is 0 Å². The highest BCUT2D eigenvalue weighted by Crippen LogP contribution is 2.60. The molecule has 0 spiro atoms. The van der Waals surface area contributed by atoms with E-state index in [9.17, 15) is 10.2 Å². The molecule has 70 valence electrons. The van der Waals surface area contributed by atoms with Gasteiger partial charge in [0.15, 0.2) is 0 Å². The van der Waals surface area contributed by atoms with Crippen molar-refractivity contribution in [3.63, 3.8) is 0 Å². The summed E-state index contributed by atoms with van der Waals surface area (Å²) in [6.45, 7) is 7.00. The number of hydrogen-bond donors (Lipinski definition) is 2. The van der Waals surface area contributed by atoms with Crippen LogP contribution in [0, 0.1) is 0 Å². The fourth-order valence-corrected chi connectivity index (χ4v) is 1.83. The van der Waals surface area contributed by atoms with Gasteiger partial charge in [0.05, 0.1) is 9.87 Å². The Morgan fingerprint density at radius 2 is 1.00 bits per heavy atom. The van der Waals surface area contributed by atoms with E-state index < -0.39 is 19.9 Å². The first-order chi connectivity index (χ1) is 4.50. The average Bonchev–Trinajstić information content (AvgIpc) is 1.58. The van der Waals surface area contributed by atoms with Gasteiger partial charge < -0.3 is 10.2 Å². The van der Waals surface area contributed by atoms with E-state index >= 15 is 0 Å². The molecule has 0 aromatic carbocycles. The van der Waals surface area contributed by atoms with Gasteiger partial charge in [0.25, 0.3) is 0 Å². The third kappa shape index (κ3) is 2.10. The summed E-state index contributed by atoms with van der Waals surface area (Å²) in [5.41, 5.74) is 0. The van der Waals surface area contributed by atoms with Gasteiger partial charge in [0.2, 0.25) is 0 Å². The van der Waals surface area contributed by atoms with Crippen molar-refractivity contribution in [2.24, 2.45) is 0 Å². The molecule has 0 aliphatic carbocycles. The zero-order valence-electron chi connectivity index (χ0n) is 8.30. The molecule has 3 heteroatoms. The second-order valence-corrected chi connectivity index (χ2v) is 8.87. The first-order valence-electron chi connectivity index (χ1n) is 3.67. The SMILES string of the molecule is CC(C)(O)S(C)(C)C(C)(C)O. The lowest BCUT2D eigenvalue weighted by atomic mass is 10.5. The molecule has 0 aromatic heterocycles. The number of aliphatic hydroxyl groups is 2. The normalized spacial score (nSPS) is 16.7. The standard InChI is InChI=1S/C8H20O2S/c1-7(2,9)11(5,6)8(3,4)10/h9-10H,1-6H3. The van der Waals surface area contributed by atoms with Gasteiger partial charge in [0, 0.05) is 0 Å². The van der Waals surface area contributed by atoms with Gasteiger partial charge >= 0.3 is 0 Å². The molecule has 0 heterocycles. The zero-order chi connectivity index (χ0) is 9.50. The maximum absolute atomic E-state index is 9.76. The topological polar surface area (TPSA) is 40.5 Å². The minimum atomic E-state index is -1.40. The van der Waals surface area contributed by atoms with E-state index in [2.05, 4.69) is 0 Å². The van der Waals surface area contributed by atoms with Crippen molar-refractivity contribution in [1.29, 1.82) is 0 Å². The summed E-state index contributed by atoms with van der Waals surface area (Å²) in [4.78, 5) is -1.57. The lowest BCUT2D eigenvalue weighted by molar-refractivity contribution is 0.137.